The molecule has 0 aliphatic carbocycles. The summed E-state index contributed by atoms with van der Waals surface area (Å²) in [6.07, 6.45) is 0.622. The van der Waals surface area contributed by atoms with Crippen molar-refractivity contribution in [3.05, 3.63) is 29.3 Å². The molecule has 0 unspecified atom stereocenters. The van der Waals surface area contributed by atoms with Crippen molar-refractivity contribution < 1.29 is 9.47 Å². The molecule has 2 N–H and O–H groups in total. The van der Waals surface area contributed by atoms with Gasteiger partial charge in [0.15, 0.2) is 11.5 Å². The highest BCUT2D eigenvalue weighted by Gasteiger charge is 2.14. The maximum atomic E-state index is 8.91. The molecule has 0 fully saturated rings. The Morgan fingerprint density at radius 1 is 1.44 bits per heavy atom. The summed E-state index contributed by atoms with van der Waals surface area (Å²) in [6.45, 7) is 2.14. The first-order chi connectivity index (χ1) is 7.76. The summed E-state index contributed by atoms with van der Waals surface area (Å²) < 4.78 is 10.5. The number of ether oxygens (including phenoxy) is 2. The van der Waals surface area contributed by atoms with Crippen molar-refractivity contribution in [2.45, 2.75) is 13.3 Å². The quantitative estimate of drug-likeness (QED) is 0.768. The lowest BCUT2D eigenvalue weighted by molar-refractivity contribution is 0.174. The van der Waals surface area contributed by atoms with Crippen LogP contribution in [0.2, 0.25) is 0 Å². The molecule has 1 aromatic carbocycles. The molecular formula is C12H12N2O2. The van der Waals surface area contributed by atoms with Crippen LogP contribution in [0.25, 0.3) is 5.70 Å². The van der Waals surface area contributed by atoms with Crippen molar-refractivity contribution in [2.75, 3.05) is 6.79 Å². The van der Waals surface area contributed by atoms with E-state index in [2.05, 4.69) is 6.07 Å². The normalized spacial score (nSPS) is 14.2. The highest BCUT2D eigenvalue weighted by Crippen LogP contribution is 2.34. The van der Waals surface area contributed by atoms with E-state index in [1.54, 1.807) is 12.1 Å². The molecule has 1 aliphatic heterocycles. The van der Waals surface area contributed by atoms with Crippen LogP contribution in [0.1, 0.15) is 18.9 Å². The second-order valence-electron chi connectivity index (χ2n) is 3.43. The predicted octanol–water partition coefficient (Wildman–Crippen LogP) is 2.02. The summed E-state index contributed by atoms with van der Waals surface area (Å²) in [5.41, 5.74) is 7.79. The van der Waals surface area contributed by atoms with E-state index in [0.717, 1.165) is 5.56 Å². The average Bonchev–Trinajstić information content (AvgIpc) is 2.77. The number of nitrogens with zero attached hydrogens (tertiary/aromatic N) is 1. The van der Waals surface area contributed by atoms with Gasteiger partial charge in [0.25, 0.3) is 0 Å². The molecule has 0 radical (unpaired) electrons. The summed E-state index contributed by atoms with van der Waals surface area (Å²) in [5.74, 6) is 1.39. The topological polar surface area (TPSA) is 68.3 Å². The molecule has 0 amide bonds. The maximum Gasteiger partial charge on any atom is 0.231 e. The SMILES string of the molecule is CC/C(C#N)=C(/N)c1ccc2c(c1)OCO2. The Kier molecular flexibility index (Phi) is 2.69. The number of allylic oxidation sites excluding steroid dienone is 1. The molecule has 82 valence electrons. The van der Waals surface area contributed by atoms with Crippen LogP contribution in [0.15, 0.2) is 23.8 Å². The van der Waals surface area contributed by atoms with Crippen molar-refractivity contribution >= 4 is 5.70 Å². The van der Waals surface area contributed by atoms with Gasteiger partial charge in [0.05, 0.1) is 17.3 Å². The summed E-state index contributed by atoms with van der Waals surface area (Å²) >= 11 is 0. The summed E-state index contributed by atoms with van der Waals surface area (Å²) in [7, 11) is 0. The Bertz CT molecular complexity index is 486. The van der Waals surface area contributed by atoms with Crippen molar-refractivity contribution in [1.82, 2.24) is 0 Å². The molecule has 1 aliphatic rings. The minimum Gasteiger partial charge on any atom is -0.454 e. The van der Waals surface area contributed by atoms with E-state index in [4.69, 9.17) is 20.5 Å². The van der Waals surface area contributed by atoms with Crippen LogP contribution in [-0.4, -0.2) is 6.79 Å². The third-order valence-corrected chi connectivity index (χ3v) is 2.50. The standard InChI is InChI=1S/C12H12N2O2/c1-2-8(6-13)12(14)9-3-4-10-11(5-9)16-7-15-10/h3-5H,2,7,14H2,1H3/b12-8-. The van der Waals surface area contributed by atoms with E-state index < -0.39 is 0 Å². The Hall–Kier alpha value is -2.15. The van der Waals surface area contributed by atoms with E-state index in [9.17, 15) is 0 Å². The van der Waals surface area contributed by atoms with Crippen LogP contribution in [0.5, 0.6) is 11.5 Å². The molecule has 1 heterocycles. The van der Waals surface area contributed by atoms with E-state index >= 15 is 0 Å². The van der Waals surface area contributed by atoms with Gasteiger partial charge in [0, 0.05) is 5.56 Å². The third kappa shape index (κ3) is 1.68. The van der Waals surface area contributed by atoms with E-state index in [0.29, 0.717) is 29.2 Å². The predicted molar refractivity (Wildman–Crippen MR) is 59.6 cm³/mol. The van der Waals surface area contributed by atoms with Gasteiger partial charge in [-0.1, -0.05) is 6.92 Å². The Balaban J connectivity index is 2.43. The number of nitrogens with two attached hydrogens (primary N) is 1. The van der Waals surface area contributed by atoms with Gasteiger partial charge in [-0.05, 0) is 24.6 Å². The molecular weight excluding hydrogens is 204 g/mol. The number of hydrogen-bond donors (Lipinski definition) is 1. The number of benzene rings is 1. The lowest BCUT2D eigenvalue weighted by atomic mass is 10.1. The van der Waals surface area contributed by atoms with Gasteiger partial charge in [0.2, 0.25) is 6.79 Å². The van der Waals surface area contributed by atoms with Gasteiger partial charge < -0.3 is 15.2 Å². The highest BCUT2D eigenvalue weighted by atomic mass is 16.7. The van der Waals surface area contributed by atoms with E-state index in [1.807, 2.05) is 13.0 Å². The van der Waals surface area contributed by atoms with E-state index in [-0.39, 0.29) is 6.79 Å². The molecule has 4 heteroatoms. The lowest BCUT2D eigenvalue weighted by Crippen LogP contribution is -2.00. The molecule has 0 saturated carbocycles. The fourth-order valence-corrected chi connectivity index (χ4v) is 1.57. The average molecular weight is 216 g/mol. The van der Waals surface area contributed by atoms with Gasteiger partial charge in [-0.15, -0.1) is 0 Å². The van der Waals surface area contributed by atoms with Crippen LogP contribution < -0.4 is 15.2 Å². The fourth-order valence-electron chi connectivity index (χ4n) is 1.57. The summed E-state index contributed by atoms with van der Waals surface area (Å²) in [6, 6.07) is 7.53. The molecule has 0 bridgehead atoms. The van der Waals surface area contributed by atoms with Crippen LogP contribution in [0, 0.1) is 11.3 Å². The third-order valence-electron chi connectivity index (χ3n) is 2.50. The molecule has 2 rings (SSSR count). The summed E-state index contributed by atoms with van der Waals surface area (Å²) in [5, 5.41) is 8.91. The Morgan fingerprint density at radius 2 is 2.19 bits per heavy atom. The molecule has 0 spiro atoms. The number of hydrogen-bond acceptors (Lipinski definition) is 4. The molecule has 0 saturated heterocycles. The second-order valence-corrected chi connectivity index (χ2v) is 3.43. The van der Waals surface area contributed by atoms with Gasteiger partial charge in [0.1, 0.15) is 0 Å². The minimum atomic E-state index is 0.237. The monoisotopic (exact) mass is 216 g/mol. The fraction of sp³-hybridized carbons (Fsp3) is 0.250. The van der Waals surface area contributed by atoms with Gasteiger partial charge in [-0.25, -0.2) is 0 Å². The van der Waals surface area contributed by atoms with Gasteiger partial charge in [-0.3, -0.25) is 0 Å². The Labute approximate surface area is 93.9 Å². The molecule has 4 nitrogen and oxygen atoms in total. The van der Waals surface area contributed by atoms with Crippen molar-refractivity contribution in [2.24, 2.45) is 5.73 Å². The smallest absolute Gasteiger partial charge is 0.231 e. The number of fused-ring (bicyclic) bond motifs is 1. The van der Waals surface area contributed by atoms with Crippen LogP contribution in [0.4, 0.5) is 0 Å². The Morgan fingerprint density at radius 3 is 2.88 bits per heavy atom. The first-order valence-electron chi connectivity index (χ1n) is 5.05. The lowest BCUT2D eigenvalue weighted by Gasteiger charge is -2.05. The van der Waals surface area contributed by atoms with Crippen molar-refractivity contribution in [3.8, 4) is 17.6 Å². The molecule has 0 atom stereocenters. The van der Waals surface area contributed by atoms with Gasteiger partial charge >= 0.3 is 0 Å². The van der Waals surface area contributed by atoms with E-state index in [1.165, 1.54) is 0 Å². The number of nitriles is 1. The highest BCUT2D eigenvalue weighted by molar-refractivity contribution is 5.71. The zero-order chi connectivity index (χ0) is 11.5. The van der Waals surface area contributed by atoms with Crippen LogP contribution in [-0.2, 0) is 0 Å². The molecule has 0 aromatic heterocycles. The first-order valence-corrected chi connectivity index (χ1v) is 5.05. The first kappa shape index (κ1) is 10.4. The zero-order valence-corrected chi connectivity index (χ0v) is 8.99. The summed E-state index contributed by atoms with van der Waals surface area (Å²) in [4.78, 5) is 0. The van der Waals surface area contributed by atoms with Crippen LogP contribution >= 0.6 is 0 Å². The zero-order valence-electron chi connectivity index (χ0n) is 8.99. The van der Waals surface area contributed by atoms with Crippen molar-refractivity contribution in [1.29, 1.82) is 5.26 Å². The van der Waals surface area contributed by atoms with Gasteiger partial charge in [-0.2, -0.15) is 5.26 Å². The number of rotatable bonds is 2. The maximum absolute atomic E-state index is 8.91. The minimum absolute atomic E-state index is 0.237. The molecule has 16 heavy (non-hydrogen) atoms. The van der Waals surface area contributed by atoms with Crippen LogP contribution in [0.3, 0.4) is 0 Å². The van der Waals surface area contributed by atoms with Crippen molar-refractivity contribution in [3.63, 3.8) is 0 Å². The largest absolute Gasteiger partial charge is 0.454 e. The second kappa shape index (κ2) is 4.15. The molecule has 1 aromatic rings.